The lowest BCUT2D eigenvalue weighted by atomic mass is 10.0. The predicted molar refractivity (Wildman–Crippen MR) is 129 cm³/mol. The number of hydrogen-bond acceptors (Lipinski definition) is 6. The molecule has 1 aliphatic heterocycles. The van der Waals surface area contributed by atoms with E-state index in [-0.39, 0.29) is 28.4 Å². The van der Waals surface area contributed by atoms with E-state index in [0.29, 0.717) is 16.2 Å². The van der Waals surface area contributed by atoms with Crippen molar-refractivity contribution in [1.82, 2.24) is 15.3 Å². The number of fused-ring (bicyclic) bond motifs is 1. The molecule has 1 saturated heterocycles. The van der Waals surface area contributed by atoms with E-state index >= 15 is 0 Å². The highest BCUT2D eigenvalue weighted by atomic mass is 32.2. The van der Waals surface area contributed by atoms with Crippen molar-refractivity contribution in [2.45, 2.75) is 17.6 Å². The first kappa shape index (κ1) is 22.4. The normalized spacial score (nSPS) is 14.7. The Bertz CT molecular complexity index is 1470. The average molecular weight is 480 g/mol. The first-order chi connectivity index (χ1) is 16.4. The molecule has 1 unspecified atom stereocenters. The predicted octanol–water partition coefficient (Wildman–Crippen LogP) is 2.98. The SMILES string of the molecule is CS(=O)c1ccc(-c2cc(-c3nc4cc(F)cc(CO)c4c(=O)[nH]3)ccc2OC2CNC2)cc1. The topological polar surface area (TPSA) is 104 Å². The highest BCUT2D eigenvalue weighted by molar-refractivity contribution is 7.84. The van der Waals surface area contributed by atoms with Crippen LogP contribution in [0.4, 0.5) is 4.39 Å². The molecular weight excluding hydrogens is 457 g/mol. The number of nitrogens with zero attached hydrogens (tertiary/aromatic N) is 1. The number of benzene rings is 3. The lowest BCUT2D eigenvalue weighted by Gasteiger charge is -2.29. The van der Waals surface area contributed by atoms with Crippen molar-refractivity contribution >= 4 is 21.7 Å². The minimum Gasteiger partial charge on any atom is -0.487 e. The van der Waals surface area contributed by atoms with E-state index in [9.17, 15) is 18.5 Å². The van der Waals surface area contributed by atoms with Gasteiger partial charge < -0.3 is 20.1 Å². The molecule has 3 N–H and O–H groups in total. The van der Waals surface area contributed by atoms with Crippen LogP contribution in [0.1, 0.15) is 5.56 Å². The molecule has 1 aromatic heterocycles. The maximum absolute atomic E-state index is 14.0. The second-order valence-corrected chi connectivity index (χ2v) is 9.50. The summed E-state index contributed by atoms with van der Waals surface area (Å²) < 4.78 is 32.0. The minimum atomic E-state index is -1.09. The summed E-state index contributed by atoms with van der Waals surface area (Å²) in [6.07, 6.45) is 1.69. The van der Waals surface area contributed by atoms with Gasteiger partial charge in [0.25, 0.3) is 5.56 Å². The van der Waals surface area contributed by atoms with Crippen LogP contribution in [-0.2, 0) is 17.4 Å². The van der Waals surface area contributed by atoms with Gasteiger partial charge in [-0.3, -0.25) is 9.00 Å². The molecular formula is C25H22FN3O4S. The second kappa shape index (κ2) is 9.09. The van der Waals surface area contributed by atoms with E-state index in [4.69, 9.17) is 4.74 Å². The maximum atomic E-state index is 14.0. The number of aliphatic hydroxyl groups is 1. The summed E-state index contributed by atoms with van der Waals surface area (Å²) >= 11 is 0. The Hall–Kier alpha value is -3.40. The van der Waals surface area contributed by atoms with Crippen LogP contribution in [0, 0.1) is 5.82 Å². The van der Waals surface area contributed by atoms with E-state index in [1.54, 1.807) is 12.3 Å². The lowest BCUT2D eigenvalue weighted by molar-refractivity contribution is 0.143. The van der Waals surface area contributed by atoms with Gasteiger partial charge >= 0.3 is 0 Å². The highest BCUT2D eigenvalue weighted by Gasteiger charge is 2.21. The number of hydrogen-bond donors (Lipinski definition) is 3. The first-order valence-corrected chi connectivity index (χ1v) is 12.3. The number of ether oxygens (including phenoxy) is 1. The zero-order valence-corrected chi connectivity index (χ0v) is 19.1. The molecule has 0 bridgehead atoms. The molecule has 0 saturated carbocycles. The van der Waals surface area contributed by atoms with Gasteiger partial charge in [0.15, 0.2) is 0 Å². The molecule has 2 heterocycles. The monoisotopic (exact) mass is 479 g/mol. The molecule has 0 aliphatic carbocycles. The van der Waals surface area contributed by atoms with Gasteiger partial charge in [-0.05, 0) is 47.5 Å². The van der Waals surface area contributed by atoms with Crippen molar-refractivity contribution in [3.63, 3.8) is 0 Å². The molecule has 0 amide bonds. The number of nitrogens with one attached hydrogen (secondary N) is 2. The summed E-state index contributed by atoms with van der Waals surface area (Å²) in [6.45, 7) is 1.05. The third-order valence-corrected chi connectivity index (χ3v) is 6.75. The molecule has 0 radical (unpaired) electrons. The summed E-state index contributed by atoms with van der Waals surface area (Å²) in [4.78, 5) is 20.7. The van der Waals surface area contributed by atoms with Crippen LogP contribution in [-0.4, -0.2) is 44.7 Å². The first-order valence-electron chi connectivity index (χ1n) is 10.7. The smallest absolute Gasteiger partial charge is 0.259 e. The molecule has 3 aromatic carbocycles. The zero-order chi connectivity index (χ0) is 23.8. The Balaban J connectivity index is 1.63. The number of aromatic amines is 1. The summed E-state index contributed by atoms with van der Waals surface area (Å²) in [6, 6.07) is 15.1. The number of rotatable bonds is 6. The van der Waals surface area contributed by atoms with E-state index in [0.717, 1.165) is 30.3 Å². The highest BCUT2D eigenvalue weighted by Crippen LogP contribution is 2.35. The molecule has 174 valence electrons. The van der Waals surface area contributed by atoms with E-state index < -0.39 is 28.8 Å². The number of aromatic nitrogens is 2. The number of aliphatic hydroxyl groups excluding tert-OH is 1. The summed E-state index contributed by atoms with van der Waals surface area (Å²) in [7, 11) is -1.09. The third-order valence-electron chi connectivity index (χ3n) is 5.81. The number of H-pyrrole nitrogens is 1. The van der Waals surface area contributed by atoms with Crippen LogP contribution in [0.2, 0.25) is 0 Å². The van der Waals surface area contributed by atoms with Gasteiger partial charge in [-0.25, -0.2) is 9.37 Å². The molecule has 34 heavy (non-hydrogen) atoms. The van der Waals surface area contributed by atoms with Crippen molar-refractivity contribution in [2.75, 3.05) is 19.3 Å². The summed E-state index contributed by atoms with van der Waals surface area (Å²) in [5.41, 5.74) is 2.15. The Kier molecular flexibility index (Phi) is 5.99. The van der Waals surface area contributed by atoms with Crippen LogP contribution in [0.5, 0.6) is 5.75 Å². The van der Waals surface area contributed by atoms with Gasteiger partial charge in [-0.15, -0.1) is 0 Å². The van der Waals surface area contributed by atoms with Gasteiger partial charge in [0.05, 0.1) is 17.5 Å². The van der Waals surface area contributed by atoms with Crippen LogP contribution in [0.3, 0.4) is 0 Å². The van der Waals surface area contributed by atoms with Gasteiger partial charge in [0, 0.05) is 52.2 Å². The summed E-state index contributed by atoms with van der Waals surface area (Å²) in [5, 5.41) is 12.9. The Morgan fingerprint density at radius 3 is 2.50 bits per heavy atom. The minimum absolute atomic E-state index is 0.0606. The molecule has 1 aliphatic rings. The van der Waals surface area contributed by atoms with Gasteiger partial charge in [-0.1, -0.05) is 12.1 Å². The largest absolute Gasteiger partial charge is 0.487 e. The van der Waals surface area contributed by atoms with E-state index in [2.05, 4.69) is 15.3 Å². The zero-order valence-electron chi connectivity index (χ0n) is 18.3. The second-order valence-electron chi connectivity index (χ2n) is 8.12. The number of halogens is 1. The van der Waals surface area contributed by atoms with Crippen LogP contribution in [0.25, 0.3) is 33.4 Å². The van der Waals surface area contributed by atoms with Crippen LogP contribution in [0.15, 0.2) is 64.3 Å². The molecule has 9 heteroatoms. The molecule has 7 nitrogen and oxygen atoms in total. The maximum Gasteiger partial charge on any atom is 0.259 e. The lowest BCUT2D eigenvalue weighted by Crippen LogP contribution is -2.50. The Morgan fingerprint density at radius 2 is 1.85 bits per heavy atom. The summed E-state index contributed by atoms with van der Waals surface area (Å²) in [5.74, 6) is 0.376. The molecule has 0 spiro atoms. The fraction of sp³-hybridized carbons (Fsp3) is 0.200. The van der Waals surface area contributed by atoms with Gasteiger partial charge in [0.2, 0.25) is 0 Å². The Morgan fingerprint density at radius 1 is 1.12 bits per heavy atom. The Labute approximate surface area is 197 Å². The quantitative estimate of drug-likeness (QED) is 0.393. The van der Waals surface area contributed by atoms with Gasteiger partial charge in [0.1, 0.15) is 23.5 Å². The van der Waals surface area contributed by atoms with Crippen molar-refractivity contribution < 1.29 is 18.4 Å². The van der Waals surface area contributed by atoms with Crippen molar-refractivity contribution in [1.29, 1.82) is 0 Å². The van der Waals surface area contributed by atoms with Crippen molar-refractivity contribution in [3.8, 4) is 28.3 Å². The van der Waals surface area contributed by atoms with E-state index in [1.165, 1.54) is 6.07 Å². The fourth-order valence-corrected chi connectivity index (χ4v) is 4.45. The molecule has 4 aromatic rings. The molecule has 5 rings (SSSR count). The van der Waals surface area contributed by atoms with Gasteiger partial charge in [-0.2, -0.15) is 0 Å². The van der Waals surface area contributed by atoms with Crippen molar-refractivity contribution in [3.05, 3.63) is 76.3 Å². The van der Waals surface area contributed by atoms with Crippen LogP contribution < -0.4 is 15.6 Å². The van der Waals surface area contributed by atoms with E-state index in [1.807, 2.05) is 36.4 Å². The third kappa shape index (κ3) is 4.25. The fourth-order valence-electron chi connectivity index (χ4n) is 3.93. The molecule has 1 fully saturated rings. The molecule has 1 atom stereocenters. The average Bonchev–Trinajstić information content (AvgIpc) is 2.80. The standard InChI is InChI=1S/C25H22FN3O4S/c1-34(32)19-5-2-14(3-6-19)20-9-15(4-7-22(20)33-18-11-27-12-18)24-28-21-10-17(26)8-16(13-30)23(21)25(31)29-24/h2-10,18,27,30H,11-13H2,1H3,(H,28,29,31). The van der Waals surface area contributed by atoms with Crippen LogP contribution >= 0.6 is 0 Å². The van der Waals surface area contributed by atoms with Crippen molar-refractivity contribution in [2.24, 2.45) is 0 Å².